The summed E-state index contributed by atoms with van der Waals surface area (Å²) in [5.74, 6) is -0.907. The van der Waals surface area contributed by atoms with Crippen LogP contribution >= 0.6 is 0 Å². The third kappa shape index (κ3) is 4.65. The lowest BCUT2D eigenvalue weighted by molar-refractivity contribution is -0.286. The van der Waals surface area contributed by atoms with E-state index in [9.17, 15) is 23.2 Å². The van der Waals surface area contributed by atoms with E-state index in [1.165, 1.54) is 35.2 Å². The molecular formula is C26H22F2N4O5. The van der Waals surface area contributed by atoms with E-state index in [1.54, 1.807) is 18.2 Å². The maximum atomic E-state index is 13.4. The molecule has 1 aromatic carbocycles. The van der Waals surface area contributed by atoms with Gasteiger partial charge in [-0.25, -0.2) is 0 Å². The molecule has 2 aromatic heterocycles. The summed E-state index contributed by atoms with van der Waals surface area (Å²) in [5.41, 5.74) is 1.77. The van der Waals surface area contributed by atoms with Crippen molar-refractivity contribution < 1.29 is 29.3 Å². The average Bonchev–Trinajstić information content (AvgIpc) is 3.59. The van der Waals surface area contributed by atoms with Crippen LogP contribution in [-0.2, 0) is 28.0 Å². The Bertz CT molecular complexity index is 1550. The van der Waals surface area contributed by atoms with Crippen LogP contribution in [0.4, 0.5) is 8.78 Å². The number of aromatic nitrogens is 2. The van der Waals surface area contributed by atoms with Gasteiger partial charge in [0.15, 0.2) is 17.7 Å². The van der Waals surface area contributed by atoms with Gasteiger partial charge in [-0.3, -0.25) is 24.7 Å². The Morgan fingerprint density at radius 3 is 2.65 bits per heavy atom. The second kappa shape index (κ2) is 8.81. The molecule has 0 spiro atoms. The van der Waals surface area contributed by atoms with Crippen LogP contribution in [0, 0.1) is 18.4 Å². The summed E-state index contributed by atoms with van der Waals surface area (Å²) < 4.78 is 37.0. The smallest absolute Gasteiger partial charge is 0.395 e. The van der Waals surface area contributed by atoms with Gasteiger partial charge in [-0.15, -0.1) is 8.78 Å². The number of rotatable bonds is 7. The number of amides is 1. The van der Waals surface area contributed by atoms with E-state index in [0.29, 0.717) is 35.4 Å². The summed E-state index contributed by atoms with van der Waals surface area (Å²) in [4.78, 5) is 42.0. The van der Waals surface area contributed by atoms with Crippen molar-refractivity contribution in [1.82, 2.24) is 14.9 Å². The molecule has 1 aliphatic carbocycles. The van der Waals surface area contributed by atoms with Crippen molar-refractivity contribution in [1.29, 1.82) is 5.26 Å². The van der Waals surface area contributed by atoms with Gasteiger partial charge < -0.3 is 14.0 Å². The number of halogens is 2. The highest BCUT2D eigenvalue weighted by Crippen LogP contribution is 2.52. The van der Waals surface area contributed by atoms with Crippen molar-refractivity contribution in [2.45, 2.75) is 44.4 Å². The highest BCUT2D eigenvalue weighted by molar-refractivity contribution is 5.94. The molecule has 2 aliphatic rings. The Labute approximate surface area is 210 Å². The van der Waals surface area contributed by atoms with Crippen LogP contribution in [0.3, 0.4) is 0 Å². The molecule has 190 valence electrons. The van der Waals surface area contributed by atoms with Crippen molar-refractivity contribution in [3.8, 4) is 28.9 Å². The molecule has 3 heterocycles. The fourth-order valence-electron chi connectivity index (χ4n) is 4.45. The molecule has 0 atom stereocenters. The van der Waals surface area contributed by atoms with Crippen LogP contribution < -0.4 is 20.3 Å². The Balaban J connectivity index is 0.00000336. The van der Waals surface area contributed by atoms with Crippen molar-refractivity contribution >= 4 is 11.7 Å². The molecule has 5 rings (SSSR count). The monoisotopic (exact) mass is 508 g/mol. The first kappa shape index (κ1) is 24.1. The van der Waals surface area contributed by atoms with Gasteiger partial charge in [0.25, 0.3) is 11.5 Å². The summed E-state index contributed by atoms with van der Waals surface area (Å²) in [6, 6.07) is 10.8. The van der Waals surface area contributed by atoms with E-state index in [-0.39, 0.29) is 31.7 Å². The second-order valence-corrected chi connectivity index (χ2v) is 9.02. The van der Waals surface area contributed by atoms with E-state index in [0.717, 1.165) is 5.56 Å². The SMILES string of the molecule is Cc1ccc(CC(=O)C2(c3ccc4c(c3)OC(F)(F)O4)CC2)nc1-c1ccc(=O)n(CC(=O)NC#N)c1.[HH]. The molecule has 0 bridgehead atoms. The molecule has 0 unspecified atom stereocenters. The number of aryl methyl sites for hydroxylation is 1. The molecule has 1 fully saturated rings. The molecule has 37 heavy (non-hydrogen) atoms. The molecule has 3 aromatic rings. The summed E-state index contributed by atoms with van der Waals surface area (Å²) in [7, 11) is 0. The van der Waals surface area contributed by atoms with Crippen molar-refractivity contribution in [2.24, 2.45) is 0 Å². The number of nitriles is 1. The molecular weight excluding hydrogens is 486 g/mol. The Morgan fingerprint density at radius 1 is 1.16 bits per heavy atom. The van der Waals surface area contributed by atoms with E-state index >= 15 is 0 Å². The van der Waals surface area contributed by atoms with E-state index in [2.05, 4.69) is 14.5 Å². The number of ketones is 1. The quantitative estimate of drug-likeness (QED) is 0.384. The number of alkyl halides is 2. The average molecular weight is 508 g/mol. The number of carbonyl (C=O) groups is 2. The number of ether oxygens (including phenoxy) is 2. The minimum Gasteiger partial charge on any atom is -0.395 e. The predicted molar refractivity (Wildman–Crippen MR) is 127 cm³/mol. The molecule has 0 saturated heterocycles. The summed E-state index contributed by atoms with van der Waals surface area (Å²) in [6.07, 6.45) is 0.450. The number of benzene rings is 1. The normalized spacial score (nSPS) is 16.1. The van der Waals surface area contributed by atoms with Crippen LogP contribution in [0.1, 0.15) is 31.1 Å². The van der Waals surface area contributed by atoms with Crippen LogP contribution in [0.2, 0.25) is 0 Å². The molecule has 1 N–H and O–H groups in total. The minimum absolute atomic E-state index is 0. The number of fused-ring (bicyclic) bond motifs is 1. The second-order valence-electron chi connectivity index (χ2n) is 9.02. The number of nitrogens with one attached hydrogen (secondary N) is 1. The Kier molecular flexibility index (Phi) is 5.75. The van der Waals surface area contributed by atoms with Gasteiger partial charge in [-0.1, -0.05) is 12.1 Å². The number of nitrogens with zero attached hydrogens (tertiary/aromatic N) is 3. The highest BCUT2D eigenvalue weighted by atomic mass is 19.3. The topological polar surface area (TPSA) is 123 Å². The van der Waals surface area contributed by atoms with Crippen LogP contribution in [0.15, 0.2) is 53.5 Å². The zero-order valence-electron chi connectivity index (χ0n) is 19.6. The van der Waals surface area contributed by atoms with E-state index in [4.69, 9.17) is 5.26 Å². The lowest BCUT2D eigenvalue weighted by Crippen LogP contribution is -2.29. The minimum atomic E-state index is -3.73. The van der Waals surface area contributed by atoms with Crippen molar-refractivity contribution in [3.05, 3.63) is 75.8 Å². The van der Waals surface area contributed by atoms with E-state index in [1.807, 2.05) is 18.3 Å². The number of carbonyl (C=O) groups excluding carboxylic acids is 2. The van der Waals surface area contributed by atoms with Crippen LogP contribution in [0.25, 0.3) is 11.3 Å². The van der Waals surface area contributed by atoms with Gasteiger partial charge >= 0.3 is 6.29 Å². The van der Waals surface area contributed by atoms with Gasteiger partial charge in [0.1, 0.15) is 12.3 Å². The maximum absolute atomic E-state index is 13.4. The first-order valence-electron chi connectivity index (χ1n) is 11.4. The van der Waals surface area contributed by atoms with Crippen molar-refractivity contribution in [3.63, 3.8) is 0 Å². The van der Waals surface area contributed by atoms with Crippen LogP contribution in [-0.4, -0.2) is 27.5 Å². The zero-order chi connectivity index (χ0) is 26.4. The summed E-state index contributed by atoms with van der Waals surface area (Å²) >= 11 is 0. The predicted octanol–water partition coefficient (Wildman–Crippen LogP) is 3.23. The van der Waals surface area contributed by atoms with Gasteiger partial charge in [0.2, 0.25) is 0 Å². The zero-order valence-corrected chi connectivity index (χ0v) is 19.6. The van der Waals surface area contributed by atoms with Gasteiger partial charge in [0.05, 0.1) is 11.1 Å². The third-order valence-electron chi connectivity index (χ3n) is 6.50. The Morgan fingerprint density at radius 2 is 1.92 bits per heavy atom. The first-order valence-corrected chi connectivity index (χ1v) is 11.4. The number of hydrogen-bond donors (Lipinski definition) is 1. The van der Waals surface area contributed by atoms with E-state index < -0.39 is 23.2 Å². The number of Topliss-reactive ketones (excluding diaryl/α,β-unsaturated/α-hetero) is 1. The molecule has 9 nitrogen and oxygen atoms in total. The fourth-order valence-corrected chi connectivity index (χ4v) is 4.45. The van der Waals surface area contributed by atoms with Gasteiger partial charge in [-0.2, -0.15) is 5.26 Å². The summed E-state index contributed by atoms with van der Waals surface area (Å²) in [6.45, 7) is 1.50. The molecule has 11 heteroatoms. The lowest BCUT2D eigenvalue weighted by atomic mass is 9.88. The molecule has 1 aliphatic heterocycles. The molecule has 0 radical (unpaired) electrons. The standard InChI is InChI=1S/C26H20F2N4O5.H2/c1-15-2-5-18(31-24(15)16-3-7-23(35)32(12-16)13-22(34)30-14-29)11-21(33)25(8-9-25)17-4-6-19-20(10-17)37-26(27,28)36-19;/h2-7,10,12H,8-9,11,13H2,1H3,(H,30,34);1H. The molecule has 1 amide bonds. The number of hydrogen-bond acceptors (Lipinski definition) is 7. The largest absolute Gasteiger partial charge is 0.586 e. The maximum Gasteiger partial charge on any atom is 0.586 e. The summed E-state index contributed by atoms with van der Waals surface area (Å²) in [5, 5.41) is 10.6. The molecule has 1 saturated carbocycles. The lowest BCUT2D eigenvalue weighted by Gasteiger charge is -2.16. The van der Waals surface area contributed by atoms with Gasteiger partial charge in [0, 0.05) is 31.4 Å². The highest BCUT2D eigenvalue weighted by Gasteiger charge is 2.52. The Hall–Kier alpha value is -4.59. The third-order valence-corrected chi connectivity index (χ3v) is 6.50. The van der Waals surface area contributed by atoms with Crippen molar-refractivity contribution in [2.75, 3.05) is 0 Å². The van der Waals surface area contributed by atoms with Gasteiger partial charge in [-0.05, 0) is 55.2 Å². The van der Waals surface area contributed by atoms with Crippen LogP contribution in [0.5, 0.6) is 11.5 Å². The fraction of sp³-hybridized carbons (Fsp3) is 0.269. The first-order chi connectivity index (χ1) is 17.6. The number of pyridine rings is 2.